The maximum atomic E-state index is 14.4. The lowest BCUT2D eigenvalue weighted by atomic mass is 9.88. The van der Waals surface area contributed by atoms with Crippen molar-refractivity contribution in [1.29, 1.82) is 0 Å². The van der Waals surface area contributed by atoms with Gasteiger partial charge in [-0.3, -0.25) is 0 Å². The summed E-state index contributed by atoms with van der Waals surface area (Å²) in [4.78, 5) is 12.9. The molecule has 5 rings (SSSR count). The summed E-state index contributed by atoms with van der Waals surface area (Å²) in [6.07, 6.45) is 9.61. The van der Waals surface area contributed by atoms with Crippen LogP contribution in [-0.4, -0.2) is 44.5 Å². The first-order valence-corrected chi connectivity index (χ1v) is 11.5. The predicted octanol–water partition coefficient (Wildman–Crippen LogP) is 2.96. The smallest absolute Gasteiger partial charge is 0.387 e. The highest BCUT2D eigenvalue weighted by atomic mass is 19.3. The molecule has 3 aromatic rings. The van der Waals surface area contributed by atoms with Gasteiger partial charge in [-0.15, -0.1) is 0 Å². The zero-order chi connectivity index (χ0) is 25.5. The maximum absolute atomic E-state index is 14.4. The van der Waals surface area contributed by atoms with Gasteiger partial charge in [0.25, 0.3) is 0 Å². The van der Waals surface area contributed by atoms with Crippen LogP contribution in [-0.2, 0) is 15.9 Å². The highest BCUT2D eigenvalue weighted by Crippen LogP contribution is 2.44. The third kappa shape index (κ3) is 4.10. The molecule has 188 valence electrons. The summed E-state index contributed by atoms with van der Waals surface area (Å²) in [6.45, 7) is 0.673. The Morgan fingerprint density at radius 1 is 1.22 bits per heavy atom. The number of aliphatic hydroxyl groups excluding tert-OH is 1. The van der Waals surface area contributed by atoms with E-state index in [1.807, 2.05) is 24.5 Å². The van der Waals surface area contributed by atoms with Crippen LogP contribution in [0.3, 0.4) is 0 Å². The van der Waals surface area contributed by atoms with Crippen LogP contribution in [0.4, 0.5) is 13.2 Å². The van der Waals surface area contributed by atoms with Crippen LogP contribution in [0.5, 0.6) is 5.75 Å². The Balaban J connectivity index is 1.50. The minimum Gasteiger partial charge on any atom is -0.434 e. The average molecular weight is 499 g/mol. The SMILES string of the molecule is C\C=c1/c(=C\C=C\c2cnc(C3(F)COC3)nc2)nc2n1[C@](C)(c1ccccc1OC(F)F)C[C@H]2O. The molecule has 0 aliphatic carbocycles. The highest BCUT2D eigenvalue weighted by molar-refractivity contribution is 5.56. The first kappa shape index (κ1) is 24.2. The second-order valence-corrected chi connectivity index (χ2v) is 9.06. The van der Waals surface area contributed by atoms with Crippen molar-refractivity contribution in [2.75, 3.05) is 13.2 Å². The normalized spacial score (nSPS) is 23.9. The third-order valence-electron chi connectivity index (χ3n) is 6.58. The van der Waals surface area contributed by atoms with Crippen LogP contribution < -0.4 is 15.4 Å². The molecule has 2 atom stereocenters. The van der Waals surface area contributed by atoms with Crippen molar-refractivity contribution >= 4 is 18.2 Å². The molecular weight excluding hydrogens is 473 g/mol. The van der Waals surface area contributed by atoms with Crippen molar-refractivity contribution in [3.05, 3.63) is 76.2 Å². The van der Waals surface area contributed by atoms with E-state index >= 15 is 0 Å². The van der Waals surface area contributed by atoms with Crippen molar-refractivity contribution in [3.63, 3.8) is 0 Å². The Kier molecular flexibility index (Phi) is 6.17. The molecule has 2 aliphatic rings. The summed E-state index contributed by atoms with van der Waals surface area (Å²) in [6, 6.07) is 6.60. The number of para-hydroxylation sites is 1. The second kappa shape index (κ2) is 9.18. The molecule has 36 heavy (non-hydrogen) atoms. The van der Waals surface area contributed by atoms with Crippen LogP contribution in [0.15, 0.2) is 42.7 Å². The molecule has 0 unspecified atom stereocenters. The molecule has 1 fully saturated rings. The minimum absolute atomic E-state index is 0.0409. The summed E-state index contributed by atoms with van der Waals surface area (Å²) >= 11 is 0. The number of benzene rings is 1. The molecule has 4 heterocycles. The number of rotatable bonds is 6. The van der Waals surface area contributed by atoms with Gasteiger partial charge in [0, 0.05) is 29.9 Å². The van der Waals surface area contributed by atoms with Gasteiger partial charge < -0.3 is 19.1 Å². The molecule has 1 N–H and O–H groups in total. The first-order valence-electron chi connectivity index (χ1n) is 11.5. The molecule has 7 nitrogen and oxygen atoms in total. The number of allylic oxidation sites excluding steroid dienone is 1. The maximum Gasteiger partial charge on any atom is 0.387 e. The van der Waals surface area contributed by atoms with Gasteiger partial charge in [0.05, 0.1) is 29.5 Å². The number of hydrogen-bond donors (Lipinski definition) is 1. The molecule has 0 spiro atoms. The number of imidazole rings is 1. The number of aliphatic hydroxyl groups is 1. The number of halogens is 3. The number of nitrogens with zero attached hydrogens (tertiary/aromatic N) is 4. The van der Waals surface area contributed by atoms with Gasteiger partial charge in [0.15, 0.2) is 5.82 Å². The van der Waals surface area contributed by atoms with E-state index < -0.39 is 23.9 Å². The number of aromatic nitrogens is 4. The van der Waals surface area contributed by atoms with E-state index in [0.29, 0.717) is 22.3 Å². The van der Waals surface area contributed by atoms with Gasteiger partial charge in [-0.05, 0) is 26.0 Å². The van der Waals surface area contributed by atoms with Crippen molar-refractivity contribution in [1.82, 2.24) is 19.5 Å². The Labute approximate surface area is 205 Å². The molecule has 1 saturated heterocycles. The minimum atomic E-state index is -2.97. The van der Waals surface area contributed by atoms with Crippen LogP contribution >= 0.6 is 0 Å². The van der Waals surface area contributed by atoms with E-state index in [-0.39, 0.29) is 31.2 Å². The fourth-order valence-electron chi connectivity index (χ4n) is 4.83. The van der Waals surface area contributed by atoms with Gasteiger partial charge in [0.1, 0.15) is 17.7 Å². The topological polar surface area (TPSA) is 82.3 Å². The summed E-state index contributed by atoms with van der Waals surface area (Å²) < 4.78 is 52.1. The summed E-state index contributed by atoms with van der Waals surface area (Å²) in [5.41, 5.74) is -1.27. The summed E-state index contributed by atoms with van der Waals surface area (Å²) in [5.74, 6) is 0.608. The number of ether oxygens (including phenoxy) is 2. The van der Waals surface area contributed by atoms with E-state index in [1.54, 1.807) is 36.4 Å². The zero-order valence-electron chi connectivity index (χ0n) is 19.7. The van der Waals surface area contributed by atoms with E-state index in [1.165, 1.54) is 18.5 Å². The second-order valence-electron chi connectivity index (χ2n) is 9.06. The van der Waals surface area contributed by atoms with Crippen molar-refractivity contribution in [2.45, 2.75) is 44.2 Å². The van der Waals surface area contributed by atoms with Crippen molar-refractivity contribution < 1.29 is 27.8 Å². The standard InChI is InChI=1S/C26H25F3N4O3/c1-3-19-18(9-6-7-16-12-30-23(31-13-16)26(29)14-35-15-26)32-22-20(34)11-25(2,33(19)22)17-8-4-5-10-21(17)36-24(27)28/h3-10,12-13,20,24,34H,11,14-15H2,1-2H3/b7-6+,18-9+,19-3+/t20-,25+/m1/s1. The van der Waals surface area contributed by atoms with Gasteiger partial charge in [-0.2, -0.15) is 8.78 Å². The number of fused-ring (bicyclic) bond motifs is 1. The van der Waals surface area contributed by atoms with E-state index in [0.717, 1.165) is 5.35 Å². The Bertz CT molecular complexity index is 1420. The molecule has 0 radical (unpaired) electrons. The largest absolute Gasteiger partial charge is 0.434 e. The molecule has 2 aromatic heterocycles. The quantitative estimate of drug-likeness (QED) is 0.563. The van der Waals surface area contributed by atoms with Gasteiger partial charge in [0.2, 0.25) is 5.67 Å². The van der Waals surface area contributed by atoms with Crippen LogP contribution in [0.25, 0.3) is 18.2 Å². The van der Waals surface area contributed by atoms with Gasteiger partial charge in [-0.1, -0.05) is 36.4 Å². The average Bonchev–Trinajstić information content (AvgIpc) is 3.33. The van der Waals surface area contributed by atoms with Crippen molar-refractivity contribution in [2.24, 2.45) is 0 Å². The van der Waals surface area contributed by atoms with Crippen LogP contribution in [0.2, 0.25) is 0 Å². The predicted molar refractivity (Wildman–Crippen MR) is 126 cm³/mol. The molecule has 0 saturated carbocycles. The fourth-order valence-corrected chi connectivity index (χ4v) is 4.83. The van der Waals surface area contributed by atoms with Gasteiger partial charge in [-0.25, -0.2) is 19.3 Å². The fraction of sp³-hybridized carbons (Fsp3) is 0.346. The Morgan fingerprint density at radius 3 is 2.58 bits per heavy atom. The van der Waals surface area contributed by atoms with E-state index in [4.69, 9.17) is 9.47 Å². The monoisotopic (exact) mass is 498 g/mol. The highest BCUT2D eigenvalue weighted by Gasteiger charge is 2.45. The van der Waals surface area contributed by atoms with E-state index in [2.05, 4.69) is 15.0 Å². The number of alkyl halides is 3. The molecule has 0 bridgehead atoms. The molecule has 2 aliphatic heterocycles. The lowest BCUT2D eigenvalue weighted by Gasteiger charge is -2.31. The number of hydrogen-bond acceptors (Lipinski definition) is 6. The lowest BCUT2D eigenvalue weighted by molar-refractivity contribution is -0.140. The molecular formula is C26H25F3N4O3. The molecule has 0 amide bonds. The van der Waals surface area contributed by atoms with Crippen molar-refractivity contribution in [3.8, 4) is 5.75 Å². The van der Waals surface area contributed by atoms with Crippen LogP contribution in [0, 0.1) is 0 Å². The summed E-state index contributed by atoms with van der Waals surface area (Å²) in [7, 11) is 0. The molecule has 1 aromatic carbocycles. The zero-order valence-corrected chi connectivity index (χ0v) is 19.7. The Morgan fingerprint density at radius 2 is 1.94 bits per heavy atom. The lowest BCUT2D eigenvalue weighted by Crippen LogP contribution is -2.43. The van der Waals surface area contributed by atoms with E-state index in [9.17, 15) is 18.3 Å². The first-order chi connectivity index (χ1) is 17.2. The Hall–Kier alpha value is -3.50. The molecule has 10 heteroatoms. The van der Waals surface area contributed by atoms with Crippen LogP contribution in [0.1, 0.15) is 49.1 Å². The van der Waals surface area contributed by atoms with Gasteiger partial charge >= 0.3 is 6.61 Å². The summed E-state index contributed by atoms with van der Waals surface area (Å²) in [5, 5.41) is 12.2. The third-order valence-corrected chi connectivity index (χ3v) is 6.58.